The van der Waals surface area contributed by atoms with Crippen LogP contribution in [0, 0.1) is 0 Å². The van der Waals surface area contributed by atoms with Gasteiger partial charge in [-0.3, -0.25) is 4.79 Å². The molecule has 2 saturated heterocycles. The molecule has 2 fully saturated rings. The van der Waals surface area contributed by atoms with Crippen molar-refractivity contribution < 1.29 is 23.4 Å². The Balaban J connectivity index is 1.58. The lowest BCUT2D eigenvalue weighted by Crippen LogP contribution is -2.40. The molecule has 0 saturated carbocycles. The summed E-state index contributed by atoms with van der Waals surface area (Å²) in [6.45, 7) is 3.61. The predicted octanol–water partition coefficient (Wildman–Crippen LogP) is 1.68. The molecule has 1 atom stereocenters. The van der Waals surface area contributed by atoms with Crippen molar-refractivity contribution in [2.24, 2.45) is 0 Å². The van der Waals surface area contributed by atoms with Gasteiger partial charge in [0, 0.05) is 19.2 Å². The number of carbonyl (C=O) groups is 1. The van der Waals surface area contributed by atoms with E-state index < -0.39 is 0 Å². The Morgan fingerprint density at radius 3 is 2.91 bits per heavy atom. The maximum Gasteiger partial charge on any atom is 0.289 e. The van der Waals surface area contributed by atoms with E-state index in [-0.39, 0.29) is 12.0 Å². The molecule has 0 spiro atoms. The molecular weight excluding hydrogens is 286 g/mol. The van der Waals surface area contributed by atoms with E-state index in [1.807, 2.05) is 18.2 Å². The number of hydrogen-bond donors (Lipinski definition) is 0. The van der Waals surface area contributed by atoms with E-state index >= 15 is 0 Å². The molecule has 6 nitrogen and oxygen atoms in total. The van der Waals surface area contributed by atoms with E-state index in [0.717, 1.165) is 17.7 Å². The number of ether oxygens (including phenoxy) is 3. The molecule has 1 amide bonds. The molecule has 1 aromatic heterocycles. The molecule has 0 bridgehead atoms. The van der Waals surface area contributed by atoms with E-state index in [1.54, 1.807) is 11.0 Å². The summed E-state index contributed by atoms with van der Waals surface area (Å²) >= 11 is 0. The van der Waals surface area contributed by atoms with Gasteiger partial charge in [-0.1, -0.05) is 6.07 Å². The first-order valence-electron chi connectivity index (χ1n) is 7.45. The Bertz CT molecular complexity index is 685. The van der Waals surface area contributed by atoms with Crippen molar-refractivity contribution in [2.75, 3.05) is 39.5 Å². The van der Waals surface area contributed by atoms with Crippen molar-refractivity contribution in [3.8, 4) is 5.75 Å². The smallest absolute Gasteiger partial charge is 0.289 e. The van der Waals surface area contributed by atoms with Crippen LogP contribution in [0.15, 0.2) is 28.7 Å². The quantitative estimate of drug-likeness (QED) is 0.804. The molecule has 2 aromatic rings. The fourth-order valence-electron chi connectivity index (χ4n) is 2.53. The average molecular weight is 303 g/mol. The topological polar surface area (TPSA) is 64.4 Å². The zero-order valence-electron chi connectivity index (χ0n) is 12.1. The molecule has 22 heavy (non-hydrogen) atoms. The Morgan fingerprint density at radius 2 is 2.14 bits per heavy atom. The number of amides is 1. The second-order valence-electron chi connectivity index (χ2n) is 5.45. The van der Waals surface area contributed by atoms with Gasteiger partial charge in [0.1, 0.15) is 24.0 Å². The van der Waals surface area contributed by atoms with Gasteiger partial charge in [0.25, 0.3) is 5.91 Å². The molecule has 0 aliphatic carbocycles. The number of hydrogen-bond acceptors (Lipinski definition) is 5. The molecule has 3 heterocycles. The van der Waals surface area contributed by atoms with Gasteiger partial charge >= 0.3 is 0 Å². The normalized spacial score (nSPS) is 21.1. The predicted molar refractivity (Wildman–Crippen MR) is 78.2 cm³/mol. The molecule has 4 rings (SSSR count). The maximum absolute atomic E-state index is 12.5. The third-order valence-electron chi connectivity index (χ3n) is 3.86. The highest BCUT2D eigenvalue weighted by atomic mass is 16.6. The Morgan fingerprint density at radius 1 is 1.32 bits per heavy atom. The molecule has 6 heteroatoms. The van der Waals surface area contributed by atoms with E-state index in [1.165, 1.54) is 0 Å². The fraction of sp³-hybridized carbons (Fsp3) is 0.438. The van der Waals surface area contributed by atoms with Crippen LogP contribution in [0.2, 0.25) is 0 Å². The molecule has 0 radical (unpaired) electrons. The minimum absolute atomic E-state index is 0.101. The third-order valence-corrected chi connectivity index (χ3v) is 3.86. The van der Waals surface area contributed by atoms with E-state index in [2.05, 4.69) is 0 Å². The summed E-state index contributed by atoms with van der Waals surface area (Å²) in [5.41, 5.74) is 0.658. The van der Waals surface area contributed by atoms with Gasteiger partial charge in [0.2, 0.25) is 0 Å². The third kappa shape index (κ3) is 2.67. The molecule has 0 N–H and O–H groups in total. The van der Waals surface area contributed by atoms with Crippen molar-refractivity contribution in [3.05, 3.63) is 30.0 Å². The van der Waals surface area contributed by atoms with Crippen molar-refractivity contribution >= 4 is 16.9 Å². The van der Waals surface area contributed by atoms with Crippen molar-refractivity contribution in [2.45, 2.75) is 6.10 Å². The van der Waals surface area contributed by atoms with Gasteiger partial charge in [0.15, 0.2) is 5.76 Å². The Labute approximate surface area is 127 Å². The first kappa shape index (κ1) is 13.6. The van der Waals surface area contributed by atoms with E-state index in [4.69, 9.17) is 18.6 Å². The van der Waals surface area contributed by atoms with Crippen LogP contribution in [-0.4, -0.2) is 56.4 Å². The molecule has 1 aromatic carbocycles. The molecule has 116 valence electrons. The van der Waals surface area contributed by atoms with Gasteiger partial charge in [-0.2, -0.15) is 0 Å². The van der Waals surface area contributed by atoms with Crippen LogP contribution in [-0.2, 0) is 9.47 Å². The maximum atomic E-state index is 12.5. The number of benzene rings is 1. The summed E-state index contributed by atoms with van der Waals surface area (Å²) in [7, 11) is 0. The summed E-state index contributed by atoms with van der Waals surface area (Å²) < 4.78 is 21.9. The van der Waals surface area contributed by atoms with Crippen LogP contribution in [0.5, 0.6) is 5.75 Å². The second kappa shape index (κ2) is 5.62. The number of fused-ring (bicyclic) bond motifs is 1. The first-order chi connectivity index (χ1) is 10.8. The van der Waals surface area contributed by atoms with Crippen molar-refractivity contribution in [3.63, 3.8) is 0 Å². The summed E-state index contributed by atoms with van der Waals surface area (Å²) in [5.74, 6) is 0.962. The van der Waals surface area contributed by atoms with Crippen LogP contribution < -0.4 is 4.74 Å². The van der Waals surface area contributed by atoms with Crippen LogP contribution in [0.4, 0.5) is 0 Å². The van der Waals surface area contributed by atoms with Gasteiger partial charge in [-0.15, -0.1) is 0 Å². The summed E-state index contributed by atoms with van der Waals surface area (Å²) in [4.78, 5) is 14.2. The Kier molecular flexibility index (Phi) is 3.48. The lowest BCUT2D eigenvalue weighted by Gasteiger charge is -2.25. The zero-order valence-corrected chi connectivity index (χ0v) is 12.1. The van der Waals surface area contributed by atoms with Crippen molar-refractivity contribution in [1.29, 1.82) is 0 Å². The van der Waals surface area contributed by atoms with Gasteiger partial charge in [-0.25, -0.2) is 0 Å². The molecule has 2 aliphatic heterocycles. The number of morpholine rings is 1. The lowest BCUT2D eigenvalue weighted by atomic mass is 10.2. The average Bonchev–Trinajstić information content (AvgIpc) is 3.29. The van der Waals surface area contributed by atoms with Gasteiger partial charge in [-0.05, 0) is 12.1 Å². The number of furan rings is 1. The number of rotatable bonds is 4. The fourth-order valence-corrected chi connectivity index (χ4v) is 2.53. The van der Waals surface area contributed by atoms with Crippen LogP contribution in [0.1, 0.15) is 10.6 Å². The highest BCUT2D eigenvalue weighted by molar-refractivity contribution is 5.97. The highest BCUT2D eigenvalue weighted by Crippen LogP contribution is 2.30. The molecular formula is C16H17NO5. The SMILES string of the molecule is O=C(c1cc2c(OC[C@@H]3CO3)cccc2o1)N1CCOCC1. The molecule has 2 aliphatic rings. The minimum atomic E-state index is -0.101. The minimum Gasteiger partial charge on any atom is -0.490 e. The van der Waals surface area contributed by atoms with Crippen LogP contribution >= 0.6 is 0 Å². The number of epoxide rings is 1. The number of nitrogens with zero attached hydrogens (tertiary/aromatic N) is 1. The van der Waals surface area contributed by atoms with E-state index in [9.17, 15) is 4.79 Å². The van der Waals surface area contributed by atoms with Gasteiger partial charge in [0.05, 0.1) is 25.2 Å². The second-order valence-corrected chi connectivity index (χ2v) is 5.45. The first-order valence-corrected chi connectivity index (χ1v) is 7.45. The summed E-state index contributed by atoms with van der Waals surface area (Å²) in [6.07, 6.45) is 0.191. The lowest BCUT2D eigenvalue weighted by molar-refractivity contribution is 0.0284. The summed E-state index contributed by atoms with van der Waals surface area (Å²) in [5, 5.41) is 0.819. The molecule has 0 unspecified atom stereocenters. The van der Waals surface area contributed by atoms with E-state index in [0.29, 0.717) is 44.3 Å². The standard InChI is InChI=1S/C16H17NO5/c18-16(17-4-6-19-7-5-17)15-8-12-13(21-10-11-9-20-11)2-1-3-14(12)22-15/h1-3,8,11H,4-7,9-10H2/t11-/m0/s1. The van der Waals surface area contributed by atoms with Crippen molar-refractivity contribution in [1.82, 2.24) is 4.90 Å². The largest absolute Gasteiger partial charge is 0.490 e. The van der Waals surface area contributed by atoms with Crippen LogP contribution in [0.3, 0.4) is 0 Å². The zero-order chi connectivity index (χ0) is 14.9. The number of carbonyl (C=O) groups excluding carboxylic acids is 1. The Hall–Kier alpha value is -2.05. The monoisotopic (exact) mass is 303 g/mol. The summed E-state index contributed by atoms with van der Waals surface area (Å²) in [6, 6.07) is 7.34. The van der Waals surface area contributed by atoms with Gasteiger partial charge < -0.3 is 23.5 Å². The van der Waals surface area contributed by atoms with Crippen LogP contribution in [0.25, 0.3) is 11.0 Å². The highest BCUT2D eigenvalue weighted by Gasteiger charge is 2.25.